The Morgan fingerprint density at radius 1 is 1.28 bits per heavy atom. The summed E-state index contributed by atoms with van der Waals surface area (Å²) in [5.74, 6) is -1.21. The molecule has 0 bridgehead atoms. The van der Waals surface area contributed by atoms with E-state index in [4.69, 9.17) is 9.84 Å². The summed E-state index contributed by atoms with van der Waals surface area (Å²) >= 11 is 0. The van der Waals surface area contributed by atoms with Crippen LogP contribution in [0.3, 0.4) is 0 Å². The van der Waals surface area contributed by atoms with Gasteiger partial charge in [0.1, 0.15) is 11.8 Å². The molecular formula is C16H22N2O6S. The minimum absolute atomic E-state index is 0.0686. The molecule has 0 saturated carbocycles. The highest BCUT2D eigenvalue weighted by molar-refractivity contribution is 7.89. The van der Waals surface area contributed by atoms with E-state index in [1.807, 2.05) is 0 Å². The Morgan fingerprint density at radius 2 is 1.92 bits per heavy atom. The molecule has 1 aliphatic rings. The lowest BCUT2D eigenvalue weighted by molar-refractivity contribution is -0.139. The largest absolute Gasteiger partial charge is 0.482 e. The highest BCUT2D eigenvalue weighted by atomic mass is 32.2. The number of ether oxygens (including phenoxy) is 1. The quantitative estimate of drug-likeness (QED) is 0.744. The molecule has 2 N–H and O–H groups in total. The maximum absolute atomic E-state index is 12.6. The van der Waals surface area contributed by atoms with Gasteiger partial charge >= 0.3 is 5.97 Å². The van der Waals surface area contributed by atoms with Crippen LogP contribution in [0.15, 0.2) is 24.3 Å². The monoisotopic (exact) mass is 370 g/mol. The fourth-order valence-corrected chi connectivity index (χ4v) is 4.55. The molecule has 1 amide bonds. The van der Waals surface area contributed by atoms with Crippen molar-refractivity contribution in [2.45, 2.75) is 26.3 Å². The predicted molar refractivity (Wildman–Crippen MR) is 91.9 cm³/mol. The van der Waals surface area contributed by atoms with Crippen LogP contribution in [0, 0.1) is 5.92 Å². The van der Waals surface area contributed by atoms with Crippen molar-refractivity contribution < 1.29 is 27.9 Å². The summed E-state index contributed by atoms with van der Waals surface area (Å²) in [5.41, 5.74) is 0.481. The number of carboxylic acids is 1. The summed E-state index contributed by atoms with van der Waals surface area (Å²) in [6, 6.07) is 5.46. The SMILES string of the molecule is CC(C)C(C(=O)Nc1ccc(OCC(=O)O)cc1)N1CCCS1(=O)=O. The van der Waals surface area contributed by atoms with E-state index in [-0.39, 0.29) is 17.6 Å². The second-order valence-electron chi connectivity index (χ2n) is 6.17. The molecule has 0 radical (unpaired) electrons. The summed E-state index contributed by atoms with van der Waals surface area (Å²) in [5, 5.41) is 11.3. The molecular weight excluding hydrogens is 348 g/mol. The van der Waals surface area contributed by atoms with Crippen molar-refractivity contribution in [2.75, 3.05) is 24.2 Å². The Hall–Kier alpha value is -2.13. The summed E-state index contributed by atoms with van der Waals surface area (Å²) in [6.45, 7) is 3.51. The standard InChI is InChI=1S/C16H22N2O6S/c1-11(2)15(18-8-3-9-25(18,22)23)16(21)17-12-4-6-13(7-5-12)24-10-14(19)20/h4-7,11,15H,3,8-10H2,1-2H3,(H,17,21)(H,19,20). The highest BCUT2D eigenvalue weighted by Gasteiger charge is 2.39. The molecule has 1 saturated heterocycles. The number of hydrogen-bond donors (Lipinski definition) is 2. The first-order valence-corrected chi connectivity index (χ1v) is 9.56. The first-order chi connectivity index (χ1) is 11.7. The number of nitrogens with zero attached hydrogens (tertiary/aromatic N) is 1. The van der Waals surface area contributed by atoms with E-state index in [1.54, 1.807) is 26.0 Å². The molecule has 0 aliphatic carbocycles. The molecule has 1 aliphatic heterocycles. The van der Waals surface area contributed by atoms with Gasteiger partial charge in [-0.15, -0.1) is 0 Å². The first kappa shape index (κ1) is 19.2. The van der Waals surface area contributed by atoms with Crippen molar-refractivity contribution in [3.8, 4) is 5.75 Å². The van der Waals surface area contributed by atoms with Crippen molar-refractivity contribution >= 4 is 27.6 Å². The minimum Gasteiger partial charge on any atom is -0.482 e. The summed E-state index contributed by atoms with van der Waals surface area (Å²) in [7, 11) is -3.39. The van der Waals surface area contributed by atoms with E-state index < -0.39 is 28.6 Å². The number of aliphatic carboxylic acids is 1. The highest BCUT2D eigenvalue weighted by Crippen LogP contribution is 2.24. The second-order valence-corrected chi connectivity index (χ2v) is 8.21. The van der Waals surface area contributed by atoms with Crippen LogP contribution >= 0.6 is 0 Å². The lowest BCUT2D eigenvalue weighted by atomic mass is 10.0. The third-order valence-corrected chi connectivity index (χ3v) is 5.76. The van der Waals surface area contributed by atoms with Crippen LogP contribution in [-0.4, -0.2) is 54.7 Å². The van der Waals surface area contributed by atoms with Gasteiger partial charge in [0.05, 0.1) is 5.75 Å². The van der Waals surface area contributed by atoms with E-state index in [1.165, 1.54) is 16.4 Å². The van der Waals surface area contributed by atoms with Gasteiger partial charge in [0.15, 0.2) is 6.61 Å². The number of carboxylic acid groups (broad SMARTS) is 1. The Bertz CT molecular complexity index is 729. The number of amides is 1. The minimum atomic E-state index is -3.39. The third-order valence-electron chi connectivity index (χ3n) is 3.83. The summed E-state index contributed by atoms with van der Waals surface area (Å²) in [4.78, 5) is 23.1. The molecule has 138 valence electrons. The maximum Gasteiger partial charge on any atom is 0.341 e. The van der Waals surface area contributed by atoms with E-state index in [9.17, 15) is 18.0 Å². The van der Waals surface area contributed by atoms with Gasteiger partial charge in [0.25, 0.3) is 0 Å². The smallest absolute Gasteiger partial charge is 0.341 e. The van der Waals surface area contributed by atoms with Gasteiger partial charge in [-0.2, -0.15) is 4.31 Å². The van der Waals surface area contributed by atoms with Crippen LogP contribution in [0.25, 0.3) is 0 Å². The number of carbonyl (C=O) groups excluding carboxylic acids is 1. The van der Waals surface area contributed by atoms with Crippen LogP contribution < -0.4 is 10.1 Å². The molecule has 1 aromatic carbocycles. The van der Waals surface area contributed by atoms with Gasteiger partial charge in [-0.1, -0.05) is 13.8 Å². The van der Waals surface area contributed by atoms with Crippen LogP contribution in [-0.2, 0) is 19.6 Å². The molecule has 25 heavy (non-hydrogen) atoms. The van der Waals surface area contributed by atoms with Crippen LogP contribution in [0.4, 0.5) is 5.69 Å². The molecule has 1 atom stereocenters. The molecule has 1 heterocycles. The Balaban J connectivity index is 2.07. The number of benzene rings is 1. The Morgan fingerprint density at radius 3 is 2.40 bits per heavy atom. The molecule has 1 aromatic rings. The Labute approximate surface area is 146 Å². The van der Waals surface area contributed by atoms with Crippen molar-refractivity contribution in [3.05, 3.63) is 24.3 Å². The number of rotatable bonds is 7. The molecule has 2 rings (SSSR count). The van der Waals surface area contributed by atoms with E-state index in [2.05, 4.69) is 5.32 Å². The molecule has 0 aromatic heterocycles. The second kappa shape index (κ2) is 7.83. The van der Waals surface area contributed by atoms with E-state index in [0.717, 1.165) is 0 Å². The fraction of sp³-hybridized carbons (Fsp3) is 0.500. The number of nitrogens with one attached hydrogen (secondary N) is 1. The Kier molecular flexibility index (Phi) is 6.02. The number of anilines is 1. The van der Waals surface area contributed by atoms with Gasteiger partial charge in [0, 0.05) is 12.2 Å². The van der Waals surface area contributed by atoms with Crippen LogP contribution in [0.1, 0.15) is 20.3 Å². The number of carbonyl (C=O) groups is 2. The molecule has 0 spiro atoms. The lowest BCUT2D eigenvalue weighted by Crippen LogP contribution is -2.48. The van der Waals surface area contributed by atoms with Gasteiger partial charge in [-0.3, -0.25) is 4.79 Å². The molecule has 9 heteroatoms. The van der Waals surface area contributed by atoms with Crippen LogP contribution in [0.5, 0.6) is 5.75 Å². The van der Waals surface area contributed by atoms with Crippen molar-refractivity contribution in [1.29, 1.82) is 0 Å². The van der Waals surface area contributed by atoms with E-state index in [0.29, 0.717) is 24.4 Å². The number of hydrogen-bond acceptors (Lipinski definition) is 5. The van der Waals surface area contributed by atoms with Crippen molar-refractivity contribution in [2.24, 2.45) is 5.92 Å². The summed E-state index contributed by atoms with van der Waals surface area (Å²) < 4.78 is 30.5. The first-order valence-electron chi connectivity index (χ1n) is 7.96. The number of sulfonamides is 1. The van der Waals surface area contributed by atoms with Gasteiger partial charge in [-0.05, 0) is 36.6 Å². The zero-order chi connectivity index (χ0) is 18.6. The average Bonchev–Trinajstić information content (AvgIpc) is 2.86. The molecule has 8 nitrogen and oxygen atoms in total. The van der Waals surface area contributed by atoms with Crippen LogP contribution in [0.2, 0.25) is 0 Å². The lowest BCUT2D eigenvalue weighted by Gasteiger charge is -2.28. The van der Waals surface area contributed by atoms with E-state index >= 15 is 0 Å². The topological polar surface area (TPSA) is 113 Å². The van der Waals surface area contributed by atoms with Gasteiger partial charge in [-0.25, -0.2) is 13.2 Å². The fourth-order valence-electron chi connectivity index (χ4n) is 2.73. The molecule has 1 unspecified atom stereocenters. The van der Waals surface area contributed by atoms with Gasteiger partial charge < -0.3 is 15.2 Å². The van der Waals surface area contributed by atoms with Gasteiger partial charge in [0.2, 0.25) is 15.9 Å². The zero-order valence-electron chi connectivity index (χ0n) is 14.1. The van der Waals surface area contributed by atoms with Crippen molar-refractivity contribution in [1.82, 2.24) is 4.31 Å². The maximum atomic E-state index is 12.6. The predicted octanol–water partition coefficient (Wildman–Crippen LogP) is 1.15. The zero-order valence-corrected chi connectivity index (χ0v) is 15.0. The third kappa shape index (κ3) is 4.93. The van der Waals surface area contributed by atoms with Crippen molar-refractivity contribution in [3.63, 3.8) is 0 Å². The summed E-state index contributed by atoms with van der Waals surface area (Å²) in [6.07, 6.45) is 0.522. The average molecular weight is 370 g/mol. The normalized spacial score (nSPS) is 18.0. The molecule has 1 fully saturated rings.